The zero-order chi connectivity index (χ0) is 15.6. The van der Waals surface area contributed by atoms with E-state index in [4.69, 9.17) is 15.6 Å². The van der Waals surface area contributed by atoms with Gasteiger partial charge in [0, 0.05) is 18.6 Å². The number of rotatable bonds is 9. The van der Waals surface area contributed by atoms with Crippen molar-refractivity contribution in [3.8, 4) is 0 Å². The Bertz CT molecular complexity index is 297. The molecule has 116 valence electrons. The van der Waals surface area contributed by atoms with Crippen LogP contribution in [0.25, 0.3) is 0 Å². The molecule has 6 nitrogen and oxygen atoms in total. The zero-order valence-corrected chi connectivity index (χ0v) is 13.8. The van der Waals surface area contributed by atoms with Crippen LogP contribution in [0.4, 0.5) is 0 Å². The highest BCUT2D eigenvalue weighted by Crippen LogP contribution is 2.44. The molecule has 0 saturated heterocycles. The zero-order valence-electron chi connectivity index (χ0n) is 12.8. The SMILES string of the molecule is CCC(C=NO)[Si](C)(C(C=NO)CC)C(C=NO)CC. The van der Waals surface area contributed by atoms with Gasteiger partial charge in [-0.15, -0.1) is 15.5 Å². The minimum atomic E-state index is -2.13. The van der Waals surface area contributed by atoms with Gasteiger partial charge in [-0.25, -0.2) is 0 Å². The molecule has 0 spiro atoms. The van der Waals surface area contributed by atoms with Crippen molar-refractivity contribution in [2.45, 2.75) is 63.2 Å². The van der Waals surface area contributed by atoms with Crippen LogP contribution in [0.3, 0.4) is 0 Å². The first kappa shape index (κ1) is 18.6. The summed E-state index contributed by atoms with van der Waals surface area (Å²) in [5.41, 5.74) is 0.329. The quantitative estimate of drug-likeness (QED) is 0.261. The second-order valence-electron chi connectivity index (χ2n) is 5.20. The molecule has 0 bridgehead atoms. The molecule has 0 aliphatic heterocycles. The Morgan fingerprint density at radius 3 is 1.15 bits per heavy atom. The Hall–Kier alpha value is -1.37. The van der Waals surface area contributed by atoms with Crippen molar-refractivity contribution in [1.82, 2.24) is 0 Å². The van der Waals surface area contributed by atoms with Crippen molar-refractivity contribution in [3.05, 3.63) is 0 Å². The predicted octanol–water partition coefficient (Wildman–Crippen LogP) is 3.79. The molecule has 0 amide bonds. The van der Waals surface area contributed by atoms with Crippen LogP contribution in [0.2, 0.25) is 23.2 Å². The van der Waals surface area contributed by atoms with E-state index in [-0.39, 0.29) is 16.6 Å². The molecule has 0 aromatic rings. The van der Waals surface area contributed by atoms with Crippen LogP contribution in [0.5, 0.6) is 0 Å². The first-order valence-electron chi connectivity index (χ1n) is 7.09. The molecule has 0 radical (unpaired) electrons. The molecule has 0 aliphatic rings. The largest absolute Gasteiger partial charge is 0.411 e. The first-order valence-corrected chi connectivity index (χ1v) is 9.82. The van der Waals surface area contributed by atoms with Gasteiger partial charge < -0.3 is 15.6 Å². The fraction of sp³-hybridized carbons (Fsp3) is 0.769. The highest BCUT2D eigenvalue weighted by Gasteiger charge is 2.46. The smallest absolute Gasteiger partial charge is 0.0770 e. The lowest BCUT2D eigenvalue weighted by atomic mass is 10.3. The van der Waals surface area contributed by atoms with E-state index < -0.39 is 8.07 Å². The summed E-state index contributed by atoms with van der Waals surface area (Å²) in [5, 5.41) is 36.4. The predicted molar refractivity (Wildman–Crippen MR) is 84.6 cm³/mol. The molecule has 0 aromatic heterocycles. The third-order valence-electron chi connectivity index (χ3n) is 4.46. The topological polar surface area (TPSA) is 97.8 Å². The van der Waals surface area contributed by atoms with Gasteiger partial charge in [0.25, 0.3) is 0 Å². The van der Waals surface area contributed by atoms with Gasteiger partial charge in [-0.2, -0.15) is 0 Å². The van der Waals surface area contributed by atoms with Gasteiger partial charge in [-0.1, -0.05) is 46.6 Å². The van der Waals surface area contributed by atoms with Crippen LogP contribution in [0.15, 0.2) is 15.5 Å². The van der Waals surface area contributed by atoms with Crippen molar-refractivity contribution < 1.29 is 15.6 Å². The summed E-state index contributed by atoms with van der Waals surface area (Å²) in [7, 11) is -2.13. The minimum Gasteiger partial charge on any atom is -0.411 e. The summed E-state index contributed by atoms with van der Waals surface area (Å²) in [6.45, 7) is 8.32. The third-order valence-corrected chi connectivity index (χ3v) is 10.9. The van der Waals surface area contributed by atoms with E-state index in [0.717, 1.165) is 19.3 Å². The molecule has 3 unspecified atom stereocenters. The summed E-state index contributed by atoms with van der Waals surface area (Å²) in [5.74, 6) is 0. The number of nitrogens with zero attached hydrogens (tertiary/aromatic N) is 3. The maximum absolute atomic E-state index is 8.93. The summed E-state index contributed by atoms with van der Waals surface area (Å²) >= 11 is 0. The Kier molecular flexibility index (Phi) is 8.86. The molecule has 0 saturated carbocycles. The standard InChI is InChI=1S/C13H27N3O3Si/c1-5-11(8-14-17)20(4,12(6-2)9-15-18)13(7-3)10-16-19/h8-13,17-19H,5-7H2,1-4H3. The summed E-state index contributed by atoms with van der Waals surface area (Å²) in [4.78, 5) is 0. The van der Waals surface area contributed by atoms with Gasteiger partial charge in [-0.05, 0) is 16.6 Å². The normalized spacial score (nSPS) is 20.4. The second-order valence-corrected chi connectivity index (χ2v) is 10.2. The molecule has 0 rings (SSSR count). The van der Waals surface area contributed by atoms with Crippen LogP contribution >= 0.6 is 0 Å². The molecule has 0 heterocycles. The summed E-state index contributed by atoms with van der Waals surface area (Å²) < 4.78 is 0. The highest BCUT2D eigenvalue weighted by atomic mass is 28.3. The van der Waals surface area contributed by atoms with Gasteiger partial charge in [0.15, 0.2) is 0 Å². The maximum Gasteiger partial charge on any atom is 0.0770 e. The fourth-order valence-corrected chi connectivity index (χ4v) is 8.64. The lowest BCUT2D eigenvalue weighted by Crippen LogP contribution is -2.48. The van der Waals surface area contributed by atoms with Crippen LogP contribution in [-0.4, -0.2) is 42.3 Å². The van der Waals surface area contributed by atoms with Crippen molar-refractivity contribution in [2.75, 3.05) is 0 Å². The molecule has 20 heavy (non-hydrogen) atoms. The third kappa shape index (κ3) is 4.06. The van der Waals surface area contributed by atoms with Gasteiger partial charge in [0.05, 0.1) is 8.07 Å². The van der Waals surface area contributed by atoms with E-state index in [0.29, 0.717) is 0 Å². The van der Waals surface area contributed by atoms with E-state index >= 15 is 0 Å². The van der Waals surface area contributed by atoms with E-state index in [2.05, 4.69) is 22.0 Å². The van der Waals surface area contributed by atoms with Gasteiger partial charge in [0.2, 0.25) is 0 Å². The lowest BCUT2D eigenvalue weighted by Gasteiger charge is -2.42. The highest BCUT2D eigenvalue weighted by molar-refractivity contribution is 6.88. The number of hydrogen-bond acceptors (Lipinski definition) is 6. The van der Waals surface area contributed by atoms with Crippen molar-refractivity contribution >= 4 is 26.7 Å². The van der Waals surface area contributed by atoms with E-state index in [1.54, 1.807) is 18.6 Å². The average molecular weight is 301 g/mol. The van der Waals surface area contributed by atoms with Crippen molar-refractivity contribution in [1.29, 1.82) is 0 Å². The Balaban J connectivity index is 5.84. The molecule has 7 heteroatoms. The van der Waals surface area contributed by atoms with Gasteiger partial charge >= 0.3 is 0 Å². The van der Waals surface area contributed by atoms with Crippen LogP contribution in [-0.2, 0) is 0 Å². The van der Waals surface area contributed by atoms with Gasteiger partial charge in [0.1, 0.15) is 0 Å². The Labute approximate surface area is 121 Å². The van der Waals surface area contributed by atoms with Crippen LogP contribution in [0, 0.1) is 0 Å². The number of hydrogen-bond donors (Lipinski definition) is 3. The Morgan fingerprint density at radius 1 is 0.750 bits per heavy atom. The maximum atomic E-state index is 8.93. The monoisotopic (exact) mass is 301 g/mol. The lowest BCUT2D eigenvalue weighted by molar-refractivity contribution is 0.319. The molecular formula is C13H27N3O3Si. The number of oxime groups is 3. The summed E-state index contributed by atoms with van der Waals surface area (Å²) in [6, 6.07) is 0. The van der Waals surface area contributed by atoms with Crippen molar-refractivity contribution in [3.63, 3.8) is 0 Å². The fourth-order valence-electron chi connectivity index (χ4n) is 3.18. The second kappa shape index (κ2) is 9.52. The molecule has 3 atom stereocenters. The average Bonchev–Trinajstić information content (AvgIpc) is 2.46. The molecule has 0 fully saturated rings. The first-order chi connectivity index (χ1) is 9.56. The molecule has 3 N–H and O–H groups in total. The van der Waals surface area contributed by atoms with Gasteiger partial charge in [-0.3, -0.25) is 0 Å². The van der Waals surface area contributed by atoms with E-state index in [1.165, 1.54) is 0 Å². The molecular weight excluding hydrogens is 274 g/mol. The molecule has 0 aliphatic carbocycles. The molecule has 0 aromatic carbocycles. The minimum absolute atomic E-state index is 0.110. The Morgan fingerprint density at radius 2 is 1.00 bits per heavy atom. The van der Waals surface area contributed by atoms with Crippen LogP contribution < -0.4 is 0 Å². The van der Waals surface area contributed by atoms with Crippen molar-refractivity contribution in [2.24, 2.45) is 15.5 Å². The van der Waals surface area contributed by atoms with E-state index in [1.807, 2.05) is 20.8 Å². The van der Waals surface area contributed by atoms with Crippen LogP contribution in [0.1, 0.15) is 40.0 Å². The summed E-state index contributed by atoms with van der Waals surface area (Å²) in [6.07, 6.45) is 7.23. The van der Waals surface area contributed by atoms with E-state index in [9.17, 15) is 0 Å².